The Bertz CT molecular complexity index is 2520. The van der Waals surface area contributed by atoms with Crippen molar-refractivity contribution in [1.82, 2.24) is 0 Å². The minimum Gasteiger partial charge on any atom is -0.507 e. The molecule has 0 fully saturated rings. The molecule has 0 aliphatic heterocycles. The lowest BCUT2D eigenvalue weighted by Gasteiger charge is -2.36. The summed E-state index contributed by atoms with van der Waals surface area (Å²) >= 11 is 9.17. The van der Waals surface area contributed by atoms with E-state index in [1.807, 2.05) is 0 Å². The van der Waals surface area contributed by atoms with Crippen LogP contribution in [0, 0.1) is 29.1 Å². The van der Waals surface area contributed by atoms with Crippen LogP contribution in [0.25, 0.3) is 0 Å². The van der Waals surface area contributed by atoms with Crippen LogP contribution >= 0.6 is 47.8 Å². The Balaban J connectivity index is 0.000000443. The van der Waals surface area contributed by atoms with Gasteiger partial charge < -0.3 is 47.8 Å². The zero-order valence-electron chi connectivity index (χ0n) is 40.3. The van der Waals surface area contributed by atoms with Gasteiger partial charge in [0.1, 0.15) is 74.5 Å². The molecular weight excluding hydrogens is 1150 g/mol. The van der Waals surface area contributed by atoms with Gasteiger partial charge in [0.25, 0.3) is 0 Å². The first-order chi connectivity index (χ1) is 32.7. The van der Waals surface area contributed by atoms with E-state index in [1.165, 1.54) is 79.1 Å². The van der Waals surface area contributed by atoms with Crippen LogP contribution in [0.4, 0.5) is 22.0 Å². The molecule has 0 amide bonds. The van der Waals surface area contributed by atoms with E-state index in [0.717, 1.165) is 35.9 Å². The molecule has 22 heteroatoms. The lowest BCUT2D eigenvalue weighted by molar-refractivity contribution is 0.0587. The molecule has 0 spiro atoms. The number of phenolic OH excluding ortho intramolecular Hbond substituents is 1. The number of esters is 3. The summed E-state index contributed by atoms with van der Waals surface area (Å²) in [6.45, 7) is 11.2. The fraction of sp³-hybridized carbons (Fsp3) is 0.312. The van der Waals surface area contributed by atoms with E-state index in [1.54, 1.807) is 13.2 Å². The molecule has 0 saturated carbocycles. The summed E-state index contributed by atoms with van der Waals surface area (Å²) in [4.78, 5) is 33.1. The zero-order chi connectivity index (χ0) is 53.7. The second-order valence-electron chi connectivity index (χ2n) is 15.3. The predicted octanol–water partition coefficient (Wildman–Crippen LogP) is 12.5. The third-order valence-corrected chi connectivity index (χ3v) is 16.1. The van der Waals surface area contributed by atoms with Gasteiger partial charge in [0, 0.05) is 41.5 Å². The SMILES string of the molecule is COC(=O)c1cc(Br)c(F)cc1OC.COC(=O)c1ccc(F)cc1O.COC(=O)c1ccc(F)cc1OC.COc1cc(F)c(Br)cc1CO.COc1cc(F)c(Br)cc1CO[Si](C)(C)C(C)(C)C. The van der Waals surface area contributed by atoms with Gasteiger partial charge in [0.2, 0.25) is 0 Å². The molecule has 13 nitrogen and oxygen atoms in total. The van der Waals surface area contributed by atoms with Crippen LogP contribution in [-0.2, 0) is 31.9 Å². The van der Waals surface area contributed by atoms with Crippen molar-refractivity contribution in [1.29, 1.82) is 0 Å². The Hall–Kier alpha value is -5.26. The van der Waals surface area contributed by atoms with E-state index < -0.39 is 55.2 Å². The van der Waals surface area contributed by atoms with E-state index in [9.17, 15) is 36.3 Å². The van der Waals surface area contributed by atoms with E-state index in [2.05, 4.69) is 95.9 Å². The number of rotatable bonds is 11. The van der Waals surface area contributed by atoms with Crippen molar-refractivity contribution in [2.75, 3.05) is 49.8 Å². The lowest BCUT2D eigenvalue weighted by atomic mass is 10.2. The van der Waals surface area contributed by atoms with Gasteiger partial charge in [0.05, 0.1) is 76.4 Å². The molecule has 0 saturated heterocycles. The molecule has 2 N–H and O–H groups in total. The molecule has 5 rings (SSSR count). The number of halogens is 8. The number of hydrogen-bond acceptors (Lipinski definition) is 13. The highest BCUT2D eigenvalue weighted by atomic mass is 79.9. The maximum absolute atomic E-state index is 13.5. The first-order valence-corrected chi connectivity index (χ1v) is 25.4. The average molecular weight is 1200 g/mol. The number of carbonyl (C=O) groups is 3. The second kappa shape index (κ2) is 29.8. The maximum Gasteiger partial charge on any atom is 0.341 e. The van der Waals surface area contributed by atoms with Gasteiger partial charge in [-0.1, -0.05) is 20.8 Å². The number of aromatic hydroxyl groups is 1. The minimum atomic E-state index is -1.82. The molecule has 0 heterocycles. The van der Waals surface area contributed by atoms with Gasteiger partial charge in [-0.05, 0) is 108 Å². The van der Waals surface area contributed by atoms with Crippen LogP contribution in [0.15, 0.2) is 86.2 Å². The van der Waals surface area contributed by atoms with Crippen LogP contribution in [0.5, 0.6) is 28.7 Å². The Labute approximate surface area is 429 Å². The van der Waals surface area contributed by atoms with Gasteiger partial charge >= 0.3 is 17.9 Å². The molecule has 0 aliphatic rings. The fourth-order valence-electron chi connectivity index (χ4n) is 4.93. The minimum absolute atomic E-state index is 0.0427. The number of ether oxygens (including phenoxy) is 7. The van der Waals surface area contributed by atoms with Crippen molar-refractivity contribution < 1.29 is 84.1 Å². The summed E-state index contributed by atoms with van der Waals surface area (Å²) in [6.07, 6.45) is 0. The van der Waals surface area contributed by atoms with E-state index in [4.69, 9.17) is 33.6 Å². The smallest absolute Gasteiger partial charge is 0.341 e. The molecule has 5 aromatic carbocycles. The number of phenols is 1. The van der Waals surface area contributed by atoms with Gasteiger partial charge in [-0.3, -0.25) is 0 Å². The van der Waals surface area contributed by atoms with Crippen molar-refractivity contribution in [3.8, 4) is 28.7 Å². The molecule has 70 heavy (non-hydrogen) atoms. The summed E-state index contributed by atoms with van der Waals surface area (Å²) in [5, 5.41) is 18.0. The van der Waals surface area contributed by atoms with E-state index >= 15 is 0 Å². The van der Waals surface area contributed by atoms with E-state index in [-0.39, 0.29) is 50.1 Å². The summed E-state index contributed by atoms with van der Waals surface area (Å²) in [5.74, 6) is -3.27. The highest BCUT2D eigenvalue weighted by Gasteiger charge is 2.37. The monoisotopic (exact) mass is 1200 g/mol. The highest BCUT2D eigenvalue weighted by Crippen LogP contribution is 2.38. The summed E-state index contributed by atoms with van der Waals surface area (Å²) in [5.41, 5.74) is 1.78. The predicted molar refractivity (Wildman–Crippen MR) is 265 cm³/mol. The second-order valence-corrected chi connectivity index (χ2v) is 22.7. The van der Waals surface area contributed by atoms with Crippen LogP contribution < -0.4 is 18.9 Å². The summed E-state index contributed by atoms with van der Waals surface area (Å²) in [7, 11) is 7.56. The lowest BCUT2D eigenvalue weighted by Crippen LogP contribution is -2.40. The van der Waals surface area contributed by atoms with Crippen LogP contribution in [0.2, 0.25) is 18.1 Å². The molecule has 0 unspecified atom stereocenters. The van der Waals surface area contributed by atoms with Gasteiger partial charge in [-0.15, -0.1) is 0 Å². The van der Waals surface area contributed by atoms with Gasteiger partial charge in [-0.2, -0.15) is 0 Å². The Kier molecular flexibility index (Phi) is 26.7. The van der Waals surface area contributed by atoms with E-state index in [0.29, 0.717) is 32.6 Å². The van der Waals surface area contributed by atoms with Crippen molar-refractivity contribution in [3.63, 3.8) is 0 Å². The number of hydrogen-bond donors (Lipinski definition) is 2. The topological polar surface area (TPSA) is 166 Å². The Morgan fingerprint density at radius 3 is 1.33 bits per heavy atom. The van der Waals surface area contributed by atoms with Crippen molar-refractivity contribution in [2.45, 2.75) is 52.1 Å². The molecule has 0 aliphatic carbocycles. The number of carbonyl (C=O) groups excluding carboxylic acids is 3. The Morgan fingerprint density at radius 2 is 0.900 bits per heavy atom. The normalized spacial score (nSPS) is 10.5. The molecule has 384 valence electrons. The van der Waals surface area contributed by atoms with Gasteiger partial charge in [0.15, 0.2) is 8.32 Å². The molecule has 0 bridgehead atoms. The van der Waals surface area contributed by atoms with Crippen molar-refractivity contribution in [3.05, 3.63) is 143 Å². The zero-order valence-corrected chi connectivity index (χ0v) is 46.0. The summed E-state index contributed by atoms with van der Waals surface area (Å²) < 4.78 is 105. The Morgan fingerprint density at radius 1 is 0.529 bits per heavy atom. The summed E-state index contributed by atoms with van der Waals surface area (Å²) in [6, 6.07) is 15.0. The average Bonchev–Trinajstić information content (AvgIpc) is 3.32. The van der Waals surface area contributed by atoms with Crippen LogP contribution in [0.3, 0.4) is 0 Å². The molecule has 0 aromatic heterocycles. The van der Waals surface area contributed by atoms with Crippen molar-refractivity contribution >= 4 is 74.0 Å². The van der Waals surface area contributed by atoms with Crippen molar-refractivity contribution in [2.24, 2.45) is 0 Å². The first kappa shape index (κ1) is 62.8. The third-order valence-electron chi connectivity index (χ3n) is 9.79. The molecule has 0 radical (unpaired) electrons. The number of aliphatic hydroxyl groups excluding tert-OH is 1. The van der Waals surface area contributed by atoms with Crippen LogP contribution in [-0.4, -0.2) is 86.2 Å². The highest BCUT2D eigenvalue weighted by molar-refractivity contribution is 9.11. The largest absolute Gasteiger partial charge is 0.507 e. The number of benzene rings is 5. The molecule has 0 atom stereocenters. The number of methoxy groups -OCH3 is 7. The molecular formula is C48H54Br3F5O13Si. The number of aliphatic hydroxyl groups is 1. The quantitative estimate of drug-likeness (QED) is 0.0556. The van der Waals surface area contributed by atoms with Gasteiger partial charge in [-0.25, -0.2) is 36.3 Å². The molecule has 5 aromatic rings. The fourth-order valence-corrected chi connectivity index (χ4v) is 7.00. The third kappa shape index (κ3) is 19.2. The standard InChI is InChI=1S/C14H22BrFO2Si.C9H8BrFO3.C9H9FO3.C8H8BrFO2.C8H7FO3/c1-14(2,3)19(5,6)18-9-10-7-11(15)12(16)8-13(10)17-4;1-13-8-4-7(11)6(10)3-5(8)9(12)14-2;1-12-8-5-6(10)3-4-7(8)9(11)13-2;1-12-8-3-7(10)6(9)2-5(8)4-11;1-12-8(11)6-3-2-5(9)4-7(6)10/h7-8H,9H2,1-6H3;3-4H,1-2H3;3-5H,1-2H3;2-3,11H,4H2,1H3;2-4,10H,1H3. The first-order valence-electron chi connectivity index (χ1n) is 20.1. The maximum atomic E-state index is 13.5. The van der Waals surface area contributed by atoms with Crippen LogP contribution in [0.1, 0.15) is 63.0 Å².